The lowest BCUT2D eigenvalue weighted by atomic mass is 10.1. The molecule has 3 nitrogen and oxygen atoms in total. The summed E-state index contributed by atoms with van der Waals surface area (Å²) in [5, 5.41) is 0. The molecule has 1 amide bonds. The van der Waals surface area contributed by atoms with Gasteiger partial charge in [-0.3, -0.25) is 4.79 Å². The molecular weight excluding hydrogens is 304 g/mol. The Balaban J connectivity index is 1.96. The third-order valence-corrected chi connectivity index (χ3v) is 4.81. The predicted molar refractivity (Wildman–Crippen MR) is 96.2 cm³/mol. The summed E-state index contributed by atoms with van der Waals surface area (Å²) in [5.41, 5.74) is 3.43. The smallest absolute Gasteiger partial charge is 0.272 e. The average molecular weight is 322 g/mol. The second-order valence-corrected chi connectivity index (χ2v) is 6.26. The number of fused-ring (bicyclic) bond motifs is 1. The van der Waals surface area contributed by atoms with E-state index in [0.29, 0.717) is 0 Å². The van der Waals surface area contributed by atoms with Crippen LogP contribution in [0, 0.1) is 0 Å². The van der Waals surface area contributed by atoms with E-state index in [1.165, 1.54) is 17.2 Å². The number of aryl methyl sites for hydroxylation is 2. The Hall–Kier alpha value is -2.46. The number of hydrogen-bond donors (Lipinski definition) is 0. The molecule has 0 N–H and O–H groups in total. The van der Waals surface area contributed by atoms with Crippen molar-refractivity contribution in [2.75, 3.05) is 0 Å². The van der Waals surface area contributed by atoms with Crippen LogP contribution in [0.5, 0.6) is 0 Å². The first-order valence-electron chi connectivity index (χ1n) is 7.58. The highest BCUT2D eigenvalue weighted by molar-refractivity contribution is 7.16. The Labute approximate surface area is 139 Å². The Kier molecular flexibility index (Phi) is 4.53. The fourth-order valence-electron chi connectivity index (χ4n) is 2.54. The molecule has 1 heterocycles. The maximum Gasteiger partial charge on any atom is 0.272 e. The van der Waals surface area contributed by atoms with E-state index in [1.54, 1.807) is 17.4 Å². The molecule has 23 heavy (non-hydrogen) atoms. The summed E-state index contributed by atoms with van der Waals surface area (Å²) in [7, 11) is 1.96. The van der Waals surface area contributed by atoms with E-state index in [0.717, 1.165) is 21.5 Å². The third kappa shape index (κ3) is 3.32. The molecule has 0 saturated carbocycles. The topological polar surface area (TPSA) is 34.4 Å². The zero-order valence-corrected chi connectivity index (χ0v) is 14.0. The highest BCUT2D eigenvalue weighted by Gasteiger charge is 2.07. The van der Waals surface area contributed by atoms with Crippen LogP contribution in [0.15, 0.2) is 59.6 Å². The quantitative estimate of drug-likeness (QED) is 0.673. The van der Waals surface area contributed by atoms with Crippen LogP contribution >= 0.6 is 11.3 Å². The number of carbonyl (C=O) groups is 1. The molecule has 0 atom stereocenters. The van der Waals surface area contributed by atoms with Crippen LogP contribution in [0.4, 0.5) is 0 Å². The van der Waals surface area contributed by atoms with Crippen molar-refractivity contribution >= 4 is 33.5 Å². The lowest BCUT2D eigenvalue weighted by molar-refractivity contribution is -0.113. The molecule has 0 radical (unpaired) electrons. The number of para-hydroxylation sites is 1. The number of thiazole rings is 1. The molecule has 0 aliphatic heterocycles. The second kappa shape index (κ2) is 6.75. The number of amides is 1. The molecule has 116 valence electrons. The Morgan fingerprint density at radius 3 is 2.70 bits per heavy atom. The third-order valence-electron chi connectivity index (χ3n) is 3.71. The van der Waals surface area contributed by atoms with Gasteiger partial charge in [0, 0.05) is 13.1 Å². The van der Waals surface area contributed by atoms with Crippen molar-refractivity contribution in [2.45, 2.75) is 13.3 Å². The van der Waals surface area contributed by atoms with Crippen molar-refractivity contribution in [2.24, 2.45) is 12.0 Å². The van der Waals surface area contributed by atoms with Gasteiger partial charge in [-0.05, 0) is 29.7 Å². The highest BCUT2D eigenvalue weighted by atomic mass is 32.1. The molecule has 0 fully saturated rings. The van der Waals surface area contributed by atoms with Gasteiger partial charge in [-0.2, -0.15) is 4.99 Å². The Bertz CT molecular complexity index is 933. The maximum absolute atomic E-state index is 12.1. The van der Waals surface area contributed by atoms with Gasteiger partial charge in [0.05, 0.1) is 10.2 Å². The molecule has 0 unspecified atom stereocenters. The van der Waals surface area contributed by atoms with Gasteiger partial charge in [-0.25, -0.2) is 0 Å². The molecule has 3 aromatic rings. The van der Waals surface area contributed by atoms with E-state index >= 15 is 0 Å². The van der Waals surface area contributed by atoms with Crippen LogP contribution in [-0.2, 0) is 18.3 Å². The van der Waals surface area contributed by atoms with E-state index in [2.05, 4.69) is 30.1 Å². The normalized spacial score (nSPS) is 12.3. The molecule has 1 aromatic heterocycles. The fourth-order valence-corrected chi connectivity index (χ4v) is 3.61. The SMILES string of the molecule is CCc1cccc2sc(=NC(=O)/C=C/c3ccccc3)n(C)c12. The second-order valence-electron chi connectivity index (χ2n) is 5.26. The monoisotopic (exact) mass is 322 g/mol. The minimum atomic E-state index is -0.242. The van der Waals surface area contributed by atoms with Crippen molar-refractivity contribution in [3.8, 4) is 0 Å². The number of benzene rings is 2. The van der Waals surface area contributed by atoms with E-state index < -0.39 is 0 Å². The molecule has 3 rings (SSSR count). The van der Waals surface area contributed by atoms with Crippen LogP contribution in [0.2, 0.25) is 0 Å². The lowest BCUT2D eigenvalue weighted by Crippen LogP contribution is -2.12. The summed E-state index contributed by atoms with van der Waals surface area (Å²) in [4.78, 5) is 17.1. The van der Waals surface area contributed by atoms with Crippen LogP contribution in [0.3, 0.4) is 0 Å². The van der Waals surface area contributed by atoms with Crippen LogP contribution in [0.1, 0.15) is 18.1 Å². The molecule has 2 aromatic carbocycles. The summed E-state index contributed by atoms with van der Waals surface area (Å²) in [5.74, 6) is -0.242. The molecule has 0 spiro atoms. The summed E-state index contributed by atoms with van der Waals surface area (Å²) in [6, 6.07) is 16.0. The maximum atomic E-state index is 12.1. The van der Waals surface area contributed by atoms with E-state index in [1.807, 2.05) is 41.9 Å². The molecule has 0 aliphatic rings. The zero-order chi connectivity index (χ0) is 16.2. The highest BCUT2D eigenvalue weighted by Crippen LogP contribution is 2.21. The number of nitrogens with zero attached hydrogens (tertiary/aromatic N) is 2. The average Bonchev–Trinajstić information content (AvgIpc) is 2.90. The van der Waals surface area contributed by atoms with Crippen molar-refractivity contribution in [1.29, 1.82) is 0 Å². The van der Waals surface area contributed by atoms with Gasteiger partial charge < -0.3 is 4.57 Å². The van der Waals surface area contributed by atoms with E-state index in [-0.39, 0.29) is 5.91 Å². The van der Waals surface area contributed by atoms with E-state index in [4.69, 9.17) is 0 Å². The van der Waals surface area contributed by atoms with Gasteiger partial charge >= 0.3 is 0 Å². The summed E-state index contributed by atoms with van der Waals surface area (Å²) in [6.45, 7) is 2.14. The van der Waals surface area contributed by atoms with Crippen LogP contribution in [-0.4, -0.2) is 10.5 Å². The van der Waals surface area contributed by atoms with Crippen molar-refractivity contribution in [1.82, 2.24) is 4.57 Å². The summed E-state index contributed by atoms with van der Waals surface area (Å²) < 4.78 is 3.16. The zero-order valence-electron chi connectivity index (χ0n) is 13.2. The number of aromatic nitrogens is 1. The lowest BCUT2D eigenvalue weighted by Gasteiger charge is -2.01. The first-order valence-corrected chi connectivity index (χ1v) is 8.40. The van der Waals surface area contributed by atoms with Gasteiger partial charge in [0.25, 0.3) is 5.91 Å². The fraction of sp³-hybridized carbons (Fsp3) is 0.158. The number of hydrogen-bond acceptors (Lipinski definition) is 2. The van der Waals surface area contributed by atoms with Crippen molar-refractivity contribution < 1.29 is 4.79 Å². The molecule has 0 saturated heterocycles. The first kappa shape index (κ1) is 15.4. The van der Waals surface area contributed by atoms with Crippen LogP contribution < -0.4 is 4.80 Å². The minimum absolute atomic E-state index is 0.242. The van der Waals surface area contributed by atoms with Crippen molar-refractivity contribution in [3.05, 3.63) is 70.5 Å². The number of carbonyl (C=O) groups excluding carboxylic acids is 1. The van der Waals surface area contributed by atoms with Gasteiger partial charge in [0.15, 0.2) is 4.80 Å². The van der Waals surface area contributed by atoms with E-state index in [9.17, 15) is 4.79 Å². The standard InChI is InChI=1S/C19H18N2OS/c1-3-15-10-7-11-16-18(15)21(2)19(23-16)20-17(22)13-12-14-8-5-4-6-9-14/h4-13H,3H2,1-2H3/b13-12+,20-19?. The summed E-state index contributed by atoms with van der Waals surface area (Å²) in [6.07, 6.45) is 4.26. The van der Waals surface area contributed by atoms with Gasteiger partial charge in [-0.1, -0.05) is 60.7 Å². The Morgan fingerprint density at radius 1 is 1.17 bits per heavy atom. The number of rotatable bonds is 3. The Morgan fingerprint density at radius 2 is 1.96 bits per heavy atom. The largest absolute Gasteiger partial charge is 0.319 e. The molecule has 0 bridgehead atoms. The molecule has 0 aliphatic carbocycles. The first-order chi connectivity index (χ1) is 11.2. The van der Waals surface area contributed by atoms with Crippen LogP contribution in [0.25, 0.3) is 16.3 Å². The van der Waals surface area contributed by atoms with Crippen molar-refractivity contribution in [3.63, 3.8) is 0 Å². The predicted octanol–water partition coefficient (Wildman–Crippen LogP) is 3.94. The minimum Gasteiger partial charge on any atom is -0.319 e. The molecular formula is C19H18N2OS. The molecule has 4 heteroatoms. The van der Waals surface area contributed by atoms with Gasteiger partial charge in [0.2, 0.25) is 0 Å². The summed E-state index contributed by atoms with van der Waals surface area (Å²) >= 11 is 1.55. The van der Waals surface area contributed by atoms with Gasteiger partial charge in [0.1, 0.15) is 0 Å². The van der Waals surface area contributed by atoms with Gasteiger partial charge in [-0.15, -0.1) is 0 Å².